The minimum Gasteiger partial charge on any atom is -0.298 e. The zero-order chi connectivity index (χ0) is 17.7. The summed E-state index contributed by atoms with van der Waals surface area (Å²) in [5.41, 5.74) is 4.03. The van der Waals surface area contributed by atoms with Gasteiger partial charge in [-0.25, -0.2) is 9.37 Å². The molecule has 0 spiro atoms. The van der Waals surface area contributed by atoms with Crippen LogP contribution in [0.1, 0.15) is 37.2 Å². The van der Waals surface area contributed by atoms with Gasteiger partial charge in [-0.1, -0.05) is 13.8 Å². The molecule has 0 aliphatic rings. The Labute approximate surface area is 143 Å². The molecule has 0 saturated carbocycles. The van der Waals surface area contributed by atoms with E-state index in [1.165, 1.54) is 23.7 Å². The minimum absolute atomic E-state index is 0.154. The van der Waals surface area contributed by atoms with E-state index in [4.69, 9.17) is 4.98 Å². The first-order valence-electron chi connectivity index (χ1n) is 8.12. The van der Waals surface area contributed by atoms with Crippen molar-refractivity contribution >= 4 is 28.0 Å². The molecule has 5 nitrogen and oxygen atoms in total. The molecule has 6 heteroatoms. The summed E-state index contributed by atoms with van der Waals surface area (Å²) in [5.74, 6) is -0.172. The van der Waals surface area contributed by atoms with Crippen LogP contribution in [-0.2, 0) is 0 Å². The van der Waals surface area contributed by atoms with Gasteiger partial charge >= 0.3 is 0 Å². The molecule has 0 atom stereocenters. The Hall–Kier alpha value is -3.02. The van der Waals surface area contributed by atoms with Crippen LogP contribution >= 0.6 is 0 Å². The molecule has 0 amide bonds. The summed E-state index contributed by atoms with van der Waals surface area (Å²) in [6.07, 6.45) is 1.59. The number of pyridine rings is 1. The number of benzene rings is 1. The van der Waals surface area contributed by atoms with Crippen LogP contribution in [0.2, 0.25) is 0 Å². The molecule has 0 fully saturated rings. The predicted molar refractivity (Wildman–Crippen MR) is 94.7 cm³/mol. The van der Waals surface area contributed by atoms with Gasteiger partial charge < -0.3 is 0 Å². The van der Waals surface area contributed by atoms with Crippen LogP contribution < -0.4 is 0 Å². The quantitative estimate of drug-likeness (QED) is 0.548. The fraction of sp³-hybridized carbons (Fsp3) is 0.211. The van der Waals surface area contributed by atoms with Gasteiger partial charge in [0.15, 0.2) is 0 Å². The van der Waals surface area contributed by atoms with E-state index in [-0.39, 0.29) is 17.6 Å². The Bertz CT molecular complexity index is 1110. The van der Waals surface area contributed by atoms with E-state index in [0.717, 1.165) is 22.4 Å². The molecule has 0 N–H and O–H groups in total. The number of carbonyl (C=O) groups is 1. The van der Waals surface area contributed by atoms with Crippen molar-refractivity contribution in [3.8, 4) is 5.69 Å². The highest BCUT2D eigenvalue weighted by atomic mass is 19.1. The first-order chi connectivity index (χ1) is 12.0. The van der Waals surface area contributed by atoms with Gasteiger partial charge in [-0.05, 0) is 42.3 Å². The highest BCUT2D eigenvalue weighted by molar-refractivity contribution is 5.95. The molecule has 0 saturated heterocycles. The predicted octanol–water partition coefficient (Wildman–Crippen LogP) is 4.30. The van der Waals surface area contributed by atoms with Crippen molar-refractivity contribution in [2.45, 2.75) is 26.7 Å². The zero-order valence-electron chi connectivity index (χ0n) is 14.2. The molecule has 4 aromatic rings. The lowest BCUT2D eigenvalue weighted by Gasteiger charge is -2.12. The third-order valence-corrected chi connectivity index (χ3v) is 4.31. The Kier molecular flexibility index (Phi) is 3.42. The Morgan fingerprint density at radius 2 is 1.88 bits per heavy atom. The Morgan fingerprint density at radius 3 is 2.52 bits per heavy atom. The summed E-state index contributed by atoms with van der Waals surface area (Å²) in [4.78, 5) is 16.4. The van der Waals surface area contributed by atoms with Gasteiger partial charge in [0.05, 0.1) is 11.7 Å². The molecule has 0 bridgehead atoms. The van der Waals surface area contributed by atoms with Crippen molar-refractivity contribution < 1.29 is 9.18 Å². The van der Waals surface area contributed by atoms with Crippen molar-refractivity contribution in [1.29, 1.82) is 0 Å². The number of hydrogen-bond acceptors (Lipinski definition) is 3. The van der Waals surface area contributed by atoms with Gasteiger partial charge in [-0.3, -0.25) is 9.36 Å². The third-order valence-electron chi connectivity index (χ3n) is 4.31. The molecular weight excluding hydrogens is 319 g/mol. The summed E-state index contributed by atoms with van der Waals surface area (Å²) >= 11 is 0. The number of nitrogens with zero attached hydrogens (tertiary/aromatic N) is 4. The van der Waals surface area contributed by atoms with E-state index in [0.29, 0.717) is 11.0 Å². The molecule has 4 rings (SSSR count). The average Bonchev–Trinajstić information content (AvgIpc) is 3.14. The van der Waals surface area contributed by atoms with Crippen LogP contribution in [0, 0.1) is 5.82 Å². The second-order valence-electron chi connectivity index (χ2n) is 6.42. The molecule has 25 heavy (non-hydrogen) atoms. The highest BCUT2D eigenvalue weighted by Gasteiger charge is 2.17. The molecule has 1 aromatic carbocycles. The number of hydrogen-bond donors (Lipinski definition) is 0. The lowest BCUT2D eigenvalue weighted by molar-refractivity contribution is 0.0927. The summed E-state index contributed by atoms with van der Waals surface area (Å²) in [6, 6.07) is 10.4. The molecule has 0 radical (unpaired) electrons. The molecule has 0 aliphatic carbocycles. The number of carbonyl (C=O) groups excluding carboxylic acids is 1. The normalized spacial score (nSPS) is 11.7. The van der Waals surface area contributed by atoms with E-state index >= 15 is 0 Å². The summed E-state index contributed by atoms with van der Waals surface area (Å²) in [6.45, 7) is 5.68. The largest absolute Gasteiger partial charge is 0.298 e. The van der Waals surface area contributed by atoms with Crippen LogP contribution in [0.5, 0.6) is 0 Å². The smallest absolute Gasteiger partial charge is 0.244 e. The Morgan fingerprint density at radius 1 is 1.16 bits per heavy atom. The highest BCUT2D eigenvalue weighted by Crippen LogP contribution is 2.30. The van der Waals surface area contributed by atoms with Crippen LogP contribution in [-0.4, -0.2) is 25.2 Å². The molecule has 126 valence electrons. The second-order valence-corrected chi connectivity index (χ2v) is 6.42. The first-order valence-corrected chi connectivity index (χ1v) is 8.12. The molecule has 0 unspecified atom stereocenters. The van der Waals surface area contributed by atoms with Gasteiger partial charge in [-0.15, -0.1) is 0 Å². The van der Waals surface area contributed by atoms with Gasteiger partial charge in [0, 0.05) is 23.7 Å². The minimum atomic E-state index is -0.274. The van der Waals surface area contributed by atoms with Crippen LogP contribution in [0.15, 0.2) is 42.6 Å². The van der Waals surface area contributed by atoms with Crippen molar-refractivity contribution in [2.24, 2.45) is 0 Å². The maximum absolute atomic E-state index is 13.3. The van der Waals surface area contributed by atoms with Crippen molar-refractivity contribution in [2.75, 3.05) is 0 Å². The first kappa shape index (κ1) is 15.5. The van der Waals surface area contributed by atoms with Crippen molar-refractivity contribution in [3.05, 3.63) is 54.1 Å². The van der Waals surface area contributed by atoms with E-state index < -0.39 is 0 Å². The van der Waals surface area contributed by atoms with Crippen molar-refractivity contribution in [3.63, 3.8) is 0 Å². The van der Waals surface area contributed by atoms with E-state index in [1.54, 1.807) is 18.3 Å². The maximum Gasteiger partial charge on any atom is 0.244 e. The summed E-state index contributed by atoms with van der Waals surface area (Å²) in [7, 11) is 0. The molecular formula is C19H17FN4O. The lowest BCUT2D eigenvalue weighted by atomic mass is 10.1. The van der Waals surface area contributed by atoms with Gasteiger partial charge in [0.1, 0.15) is 17.0 Å². The van der Waals surface area contributed by atoms with Gasteiger partial charge in [0.25, 0.3) is 0 Å². The van der Waals surface area contributed by atoms with Crippen LogP contribution in [0.3, 0.4) is 0 Å². The van der Waals surface area contributed by atoms with E-state index in [2.05, 4.69) is 25.0 Å². The monoisotopic (exact) mass is 336 g/mol. The van der Waals surface area contributed by atoms with Crippen molar-refractivity contribution in [1.82, 2.24) is 19.3 Å². The molecule has 3 aromatic heterocycles. The number of fused-ring (bicyclic) bond motifs is 2. The van der Waals surface area contributed by atoms with Crippen LogP contribution in [0.25, 0.3) is 27.8 Å². The number of rotatable bonds is 2. The fourth-order valence-electron chi connectivity index (χ4n) is 3.13. The summed E-state index contributed by atoms with van der Waals surface area (Å²) < 4.78 is 16.7. The van der Waals surface area contributed by atoms with E-state index in [1.807, 2.05) is 10.6 Å². The lowest BCUT2D eigenvalue weighted by Crippen LogP contribution is -2.06. The number of halogens is 1. The van der Waals surface area contributed by atoms with Gasteiger partial charge in [0.2, 0.25) is 5.91 Å². The topological polar surface area (TPSA) is 52.7 Å². The van der Waals surface area contributed by atoms with Gasteiger partial charge in [-0.2, -0.15) is 9.78 Å². The SMILES string of the molecule is CC(=O)n1ncc2nc3c(cc(C(C)C)n3-c3ccc(F)cc3)cc21. The molecule has 0 aliphatic heterocycles. The van der Waals surface area contributed by atoms with E-state index in [9.17, 15) is 9.18 Å². The van der Waals surface area contributed by atoms with Crippen LogP contribution in [0.4, 0.5) is 4.39 Å². The molecule has 3 heterocycles. The maximum atomic E-state index is 13.3. The Balaban J connectivity index is 2.06. The number of aromatic nitrogens is 4. The summed E-state index contributed by atoms with van der Waals surface area (Å²) in [5, 5.41) is 5.03. The third kappa shape index (κ3) is 2.41. The standard InChI is InChI=1S/C19H17FN4O/c1-11(2)17-8-13-9-18-16(10-21-24(18)12(3)25)22-19(13)23(17)15-6-4-14(20)5-7-15/h4-11H,1-3H3. The zero-order valence-corrected chi connectivity index (χ0v) is 14.2. The fourth-order valence-corrected chi connectivity index (χ4v) is 3.13. The average molecular weight is 336 g/mol. The second kappa shape index (κ2) is 5.51.